The summed E-state index contributed by atoms with van der Waals surface area (Å²) in [4.78, 5) is 47.2. The van der Waals surface area contributed by atoms with Crippen molar-refractivity contribution in [2.24, 2.45) is 11.3 Å². The summed E-state index contributed by atoms with van der Waals surface area (Å²) in [6.45, 7) is 11.7. The molecule has 6 aliphatic rings. The van der Waals surface area contributed by atoms with Crippen LogP contribution in [0, 0.1) is 11.3 Å². The highest BCUT2D eigenvalue weighted by molar-refractivity contribution is 6.06. The number of rotatable bonds is 10. The second kappa shape index (κ2) is 16.9. The molecule has 0 saturated carbocycles. The van der Waals surface area contributed by atoms with Gasteiger partial charge in [-0.1, -0.05) is 62.7 Å². The van der Waals surface area contributed by atoms with Crippen molar-refractivity contribution in [2.45, 2.75) is 95.7 Å². The lowest BCUT2D eigenvalue weighted by Crippen LogP contribution is -2.58. The number of piperazine rings is 1. The molecule has 1 aliphatic carbocycles. The molecule has 11 nitrogen and oxygen atoms in total. The number of aromatic hydroxyl groups is 1. The van der Waals surface area contributed by atoms with Gasteiger partial charge in [0.1, 0.15) is 29.9 Å². The second-order valence-corrected chi connectivity index (χ2v) is 19.4. The number of carbonyl (C=O) groups excluding carboxylic acids is 3. The highest BCUT2D eigenvalue weighted by Crippen LogP contribution is 2.50. The van der Waals surface area contributed by atoms with E-state index in [1.807, 2.05) is 24.3 Å². The minimum atomic E-state index is -0.640. The Morgan fingerprint density at radius 3 is 2.49 bits per heavy atom. The third kappa shape index (κ3) is 7.80. The number of carbonyl (C=O) groups is 3. The van der Waals surface area contributed by atoms with Gasteiger partial charge < -0.3 is 29.3 Å². The summed E-state index contributed by atoms with van der Waals surface area (Å²) < 4.78 is 12.7. The number of piperidine rings is 2. The Hall–Kier alpha value is -5.55. The number of benzene rings is 4. The molecular formula is C52H61N5O6. The number of hydrogen-bond donors (Lipinski definition) is 2. The third-order valence-electron chi connectivity index (χ3n) is 15.5. The maximum absolute atomic E-state index is 13.5. The van der Waals surface area contributed by atoms with Crippen molar-refractivity contribution < 1.29 is 29.0 Å². The molecule has 3 fully saturated rings. The second-order valence-electron chi connectivity index (χ2n) is 19.4. The first-order valence-corrected chi connectivity index (χ1v) is 23.3. The van der Waals surface area contributed by atoms with Crippen LogP contribution in [-0.2, 0) is 22.6 Å². The SMILES string of the molecule is CC[C@@H](CN1CCN2c3ccc4c(c3OC[C@H]2C1)CN([C@H]1CCC(=O)NC1=O)C4=O)CC1(C)CCN(c2ccc([C@@H]3c4ccc(O)cc4CC[C@@H]3c3ccccc3)c(OC)c2)CC1. The molecule has 5 heterocycles. The molecule has 5 aliphatic heterocycles. The van der Waals surface area contributed by atoms with Crippen molar-refractivity contribution in [3.63, 3.8) is 0 Å². The number of ether oxygens (including phenoxy) is 2. The van der Waals surface area contributed by atoms with Crippen LogP contribution < -0.4 is 24.6 Å². The van der Waals surface area contributed by atoms with Crippen molar-refractivity contribution in [3.05, 3.63) is 112 Å². The molecule has 0 spiro atoms. The van der Waals surface area contributed by atoms with Gasteiger partial charge in [0.2, 0.25) is 11.8 Å². The molecule has 2 N–H and O–H groups in total. The molecular weight excluding hydrogens is 791 g/mol. The fourth-order valence-corrected chi connectivity index (χ4v) is 12.0. The smallest absolute Gasteiger partial charge is 0.255 e. The molecule has 10 rings (SSSR count). The van der Waals surface area contributed by atoms with Gasteiger partial charge >= 0.3 is 0 Å². The van der Waals surface area contributed by atoms with Crippen molar-refractivity contribution in [2.75, 3.05) is 62.8 Å². The van der Waals surface area contributed by atoms with E-state index in [-0.39, 0.29) is 35.6 Å². The number of phenols is 1. The predicted octanol–water partition coefficient (Wildman–Crippen LogP) is 7.63. The number of hydrogen-bond acceptors (Lipinski definition) is 9. The minimum Gasteiger partial charge on any atom is -0.508 e. The van der Waals surface area contributed by atoms with E-state index < -0.39 is 11.9 Å². The lowest BCUT2D eigenvalue weighted by Gasteiger charge is -2.47. The number of imide groups is 1. The van der Waals surface area contributed by atoms with Gasteiger partial charge in [-0.15, -0.1) is 0 Å². The van der Waals surface area contributed by atoms with Gasteiger partial charge in [-0.2, -0.15) is 0 Å². The van der Waals surface area contributed by atoms with Crippen molar-refractivity contribution in [3.8, 4) is 17.2 Å². The average Bonchev–Trinajstić information content (AvgIpc) is 3.64. The highest BCUT2D eigenvalue weighted by atomic mass is 16.5. The minimum absolute atomic E-state index is 0.133. The fourth-order valence-electron chi connectivity index (χ4n) is 12.0. The molecule has 0 bridgehead atoms. The lowest BCUT2D eigenvalue weighted by atomic mass is 9.69. The quantitative estimate of drug-likeness (QED) is 0.156. The van der Waals surface area contributed by atoms with E-state index in [2.05, 4.69) is 88.5 Å². The van der Waals surface area contributed by atoms with Gasteiger partial charge in [0, 0.05) is 80.1 Å². The highest BCUT2D eigenvalue weighted by Gasteiger charge is 2.44. The van der Waals surface area contributed by atoms with E-state index in [1.165, 1.54) is 34.4 Å². The van der Waals surface area contributed by atoms with E-state index in [1.54, 1.807) is 12.0 Å². The molecule has 5 atom stereocenters. The van der Waals surface area contributed by atoms with Crippen LogP contribution in [-0.4, -0.2) is 97.7 Å². The summed E-state index contributed by atoms with van der Waals surface area (Å²) in [5, 5.41) is 12.8. The number of phenolic OH excluding ortho intramolecular Hbond substituents is 1. The first-order valence-electron chi connectivity index (χ1n) is 23.3. The monoisotopic (exact) mass is 851 g/mol. The van der Waals surface area contributed by atoms with Crippen molar-refractivity contribution in [1.82, 2.24) is 15.1 Å². The van der Waals surface area contributed by atoms with E-state index >= 15 is 0 Å². The van der Waals surface area contributed by atoms with Crippen molar-refractivity contribution in [1.29, 1.82) is 0 Å². The van der Waals surface area contributed by atoms with Gasteiger partial charge in [-0.3, -0.25) is 24.6 Å². The van der Waals surface area contributed by atoms with E-state index in [4.69, 9.17) is 9.47 Å². The molecule has 11 heteroatoms. The molecule has 4 aromatic carbocycles. The fraction of sp³-hybridized carbons (Fsp3) is 0.481. The predicted molar refractivity (Wildman–Crippen MR) is 244 cm³/mol. The Kier molecular flexibility index (Phi) is 11.1. The van der Waals surface area contributed by atoms with Gasteiger partial charge in [-0.25, -0.2) is 0 Å². The number of fused-ring (bicyclic) bond motifs is 6. The van der Waals surface area contributed by atoms with E-state index in [0.29, 0.717) is 42.7 Å². The van der Waals surface area contributed by atoms with Crippen LogP contribution in [0.15, 0.2) is 78.9 Å². The standard InChI is InChI=1S/C52H61N5O6/c1-4-33(29-54-24-25-56-37(30-54)32-63-49-43-31-57(45-18-19-47(59)53-50(45)60)51(61)41(43)16-17-44(49)56)28-52(2)20-22-55(23-21-52)36-11-14-42(46(27-36)62-3)48-39(34-8-6-5-7-9-34)13-10-35-26-38(58)12-15-40(35)48/h5-9,11-12,14-17,26-27,33,37,39,45,48,58H,4,10,13,18-25,28-32H2,1-3H3,(H,53,59,60)/t33-,37-,39-,45+,48+/m1/s1. The Bertz CT molecular complexity index is 2400. The zero-order valence-electron chi connectivity index (χ0n) is 37.0. The average molecular weight is 852 g/mol. The number of amides is 3. The topological polar surface area (TPSA) is 115 Å². The number of methoxy groups -OCH3 is 1. The first kappa shape index (κ1) is 41.5. The summed E-state index contributed by atoms with van der Waals surface area (Å²) in [7, 11) is 1.80. The van der Waals surface area contributed by atoms with Gasteiger partial charge in [0.05, 0.1) is 25.4 Å². The van der Waals surface area contributed by atoms with Gasteiger partial charge in [0.15, 0.2) is 0 Å². The van der Waals surface area contributed by atoms with Crippen LogP contribution in [0.1, 0.15) is 109 Å². The number of nitrogens with one attached hydrogen (secondary N) is 1. The van der Waals surface area contributed by atoms with Crippen LogP contribution in [0.3, 0.4) is 0 Å². The molecule has 63 heavy (non-hydrogen) atoms. The van der Waals surface area contributed by atoms with Crippen molar-refractivity contribution >= 4 is 29.1 Å². The van der Waals surface area contributed by atoms with E-state index in [0.717, 1.165) is 94.1 Å². The van der Waals surface area contributed by atoms with Crippen LogP contribution in [0.2, 0.25) is 0 Å². The van der Waals surface area contributed by atoms with Gasteiger partial charge in [0.25, 0.3) is 5.91 Å². The largest absolute Gasteiger partial charge is 0.508 e. The molecule has 0 radical (unpaired) electrons. The summed E-state index contributed by atoms with van der Waals surface area (Å²) in [6, 6.07) is 27.2. The van der Waals surface area contributed by atoms with Crippen LogP contribution >= 0.6 is 0 Å². The summed E-state index contributed by atoms with van der Waals surface area (Å²) in [6.07, 6.45) is 7.21. The number of anilines is 2. The Labute approximate surface area is 371 Å². The first-order chi connectivity index (χ1) is 30.6. The molecule has 4 aromatic rings. The van der Waals surface area contributed by atoms with Crippen LogP contribution in [0.25, 0.3) is 0 Å². The zero-order chi connectivity index (χ0) is 43.4. The van der Waals surface area contributed by atoms with Crippen LogP contribution in [0.4, 0.5) is 11.4 Å². The normalized spacial score (nSPS) is 24.7. The number of aryl methyl sites for hydroxylation is 1. The Morgan fingerprint density at radius 1 is 0.905 bits per heavy atom. The summed E-state index contributed by atoms with van der Waals surface area (Å²) in [5.41, 5.74) is 9.04. The molecule has 3 saturated heterocycles. The molecule has 0 unspecified atom stereocenters. The Morgan fingerprint density at radius 2 is 1.71 bits per heavy atom. The lowest BCUT2D eigenvalue weighted by molar-refractivity contribution is -0.136. The molecule has 0 aromatic heterocycles. The zero-order valence-corrected chi connectivity index (χ0v) is 37.0. The maximum atomic E-state index is 13.5. The molecule has 3 amide bonds. The van der Waals surface area contributed by atoms with E-state index in [9.17, 15) is 19.5 Å². The van der Waals surface area contributed by atoms with Gasteiger partial charge in [-0.05, 0) is 103 Å². The third-order valence-corrected chi connectivity index (χ3v) is 15.5. The summed E-state index contributed by atoms with van der Waals surface area (Å²) >= 11 is 0. The summed E-state index contributed by atoms with van der Waals surface area (Å²) in [5.74, 6) is 2.24. The molecule has 330 valence electrons. The maximum Gasteiger partial charge on any atom is 0.255 e. The Balaban J connectivity index is 0.768. The van der Waals surface area contributed by atoms with Crippen LogP contribution in [0.5, 0.6) is 17.2 Å². The number of nitrogens with zero attached hydrogens (tertiary/aromatic N) is 4.